The van der Waals surface area contributed by atoms with Crippen molar-refractivity contribution in [3.8, 4) is 0 Å². The topological polar surface area (TPSA) is 59.0 Å². The summed E-state index contributed by atoms with van der Waals surface area (Å²) in [6, 6.07) is 4.87. The summed E-state index contributed by atoms with van der Waals surface area (Å²) in [4.78, 5) is 13.7. The van der Waals surface area contributed by atoms with Crippen molar-refractivity contribution in [3.05, 3.63) is 29.6 Å². The fraction of sp³-hybridized carbons (Fsp3) is 0.533. The molecule has 1 aromatic rings. The van der Waals surface area contributed by atoms with Gasteiger partial charge in [-0.05, 0) is 17.7 Å². The predicted octanol–water partition coefficient (Wildman–Crippen LogP) is 1.05. The highest BCUT2D eigenvalue weighted by Crippen LogP contribution is 2.33. The fourth-order valence-corrected chi connectivity index (χ4v) is 2.84. The van der Waals surface area contributed by atoms with E-state index in [1.54, 1.807) is 12.1 Å². The van der Waals surface area contributed by atoms with E-state index in [1.165, 1.54) is 6.07 Å². The van der Waals surface area contributed by atoms with E-state index >= 15 is 0 Å². The Hall–Kier alpha value is -1.66. The second kappa shape index (κ2) is 5.99. The Bertz CT molecular complexity index is 530. The number of benzene rings is 1. The van der Waals surface area contributed by atoms with Gasteiger partial charge in [-0.25, -0.2) is 4.39 Å². The molecule has 6 heteroatoms. The predicted molar refractivity (Wildman–Crippen MR) is 73.8 cm³/mol. The molecule has 2 aliphatic heterocycles. The lowest BCUT2D eigenvalue weighted by Crippen LogP contribution is -2.36. The van der Waals surface area contributed by atoms with Gasteiger partial charge in [0.1, 0.15) is 11.9 Å². The number of hydrogen-bond acceptors (Lipinski definition) is 5. The van der Waals surface area contributed by atoms with E-state index < -0.39 is 18.0 Å². The van der Waals surface area contributed by atoms with Gasteiger partial charge in [0.2, 0.25) is 0 Å². The van der Waals surface area contributed by atoms with Crippen LogP contribution in [-0.4, -0.2) is 50.1 Å². The smallest absolute Gasteiger partial charge is 0.313 e. The Balaban J connectivity index is 1.79. The third kappa shape index (κ3) is 2.87. The number of aliphatic hydroxyl groups excluding tert-OH is 1. The minimum Gasteiger partial charge on any atom is -0.459 e. The summed E-state index contributed by atoms with van der Waals surface area (Å²) in [6.07, 6.45) is -0.0874. The average molecular weight is 295 g/mol. The van der Waals surface area contributed by atoms with E-state index in [2.05, 4.69) is 0 Å². The first kappa shape index (κ1) is 14.3. The first-order valence-corrected chi connectivity index (χ1v) is 7.12. The van der Waals surface area contributed by atoms with E-state index in [0.717, 1.165) is 0 Å². The zero-order valence-corrected chi connectivity index (χ0v) is 11.6. The molecule has 2 aliphatic rings. The van der Waals surface area contributed by atoms with Crippen LogP contribution in [0.5, 0.6) is 0 Å². The minimum absolute atomic E-state index is 0.198. The van der Waals surface area contributed by atoms with Crippen molar-refractivity contribution in [2.75, 3.05) is 37.8 Å². The summed E-state index contributed by atoms with van der Waals surface area (Å²) >= 11 is 0. The third-order valence-corrected chi connectivity index (χ3v) is 4.00. The molecule has 1 unspecified atom stereocenters. The number of aliphatic hydroxyl groups is 1. The van der Waals surface area contributed by atoms with Crippen molar-refractivity contribution in [2.45, 2.75) is 18.4 Å². The van der Waals surface area contributed by atoms with Crippen molar-refractivity contribution in [1.82, 2.24) is 0 Å². The van der Waals surface area contributed by atoms with Gasteiger partial charge in [-0.2, -0.15) is 0 Å². The molecule has 114 valence electrons. The number of morpholine rings is 1. The van der Waals surface area contributed by atoms with Crippen molar-refractivity contribution in [3.63, 3.8) is 0 Å². The number of halogens is 1. The first-order valence-electron chi connectivity index (χ1n) is 7.12. The summed E-state index contributed by atoms with van der Waals surface area (Å²) < 4.78 is 24.6. The highest BCUT2D eigenvalue weighted by atomic mass is 19.1. The SMILES string of the molecule is O=C1OC(CO)C[C@@H]1c1ccc(N2CCOCC2)c(F)c1. The molecule has 2 heterocycles. The quantitative estimate of drug-likeness (QED) is 0.845. The van der Waals surface area contributed by atoms with Crippen molar-refractivity contribution >= 4 is 11.7 Å². The Morgan fingerprint density at radius 1 is 1.33 bits per heavy atom. The molecule has 0 aliphatic carbocycles. The molecule has 5 nitrogen and oxygen atoms in total. The fourth-order valence-electron chi connectivity index (χ4n) is 2.84. The summed E-state index contributed by atoms with van der Waals surface area (Å²) in [5.74, 6) is -1.22. The molecular weight excluding hydrogens is 277 g/mol. The molecule has 0 saturated carbocycles. The van der Waals surface area contributed by atoms with Gasteiger partial charge in [0.15, 0.2) is 0 Å². The molecule has 21 heavy (non-hydrogen) atoms. The maximum absolute atomic E-state index is 14.3. The van der Waals surface area contributed by atoms with Crippen LogP contribution in [0.2, 0.25) is 0 Å². The van der Waals surface area contributed by atoms with Crippen LogP contribution in [-0.2, 0) is 14.3 Å². The van der Waals surface area contributed by atoms with Gasteiger partial charge in [-0.15, -0.1) is 0 Å². The summed E-state index contributed by atoms with van der Waals surface area (Å²) in [7, 11) is 0. The molecule has 0 bridgehead atoms. The van der Waals surface area contributed by atoms with E-state index in [9.17, 15) is 9.18 Å². The van der Waals surface area contributed by atoms with E-state index in [0.29, 0.717) is 44.0 Å². The Morgan fingerprint density at radius 3 is 2.71 bits per heavy atom. The number of carbonyl (C=O) groups excluding carboxylic acids is 1. The number of rotatable bonds is 3. The van der Waals surface area contributed by atoms with Crippen LogP contribution in [0.3, 0.4) is 0 Å². The third-order valence-electron chi connectivity index (χ3n) is 4.00. The molecule has 2 fully saturated rings. The minimum atomic E-state index is -0.490. The summed E-state index contributed by atoms with van der Waals surface area (Å²) in [5.41, 5.74) is 1.14. The number of hydrogen-bond donors (Lipinski definition) is 1. The number of esters is 1. The standard InChI is InChI=1S/C15H18FNO4/c16-13-7-10(12-8-11(9-18)21-15(12)19)1-2-14(13)17-3-5-20-6-4-17/h1-2,7,11-12,18H,3-6,8-9H2/t11?,12-/m1/s1. The van der Waals surface area contributed by atoms with Crippen molar-refractivity contribution in [1.29, 1.82) is 0 Å². The van der Waals surface area contributed by atoms with Crippen LogP contribution in [0.4, 0.5) is 10.1 Å². The molecule has 3 rings (SSSR count). The van der Waals surface area contributed by atoms with Crippen LogP contribution in [0.25, 0.3) is 0 Å². The van der Waals surface area contributed by atoms with Gasteiger partial charge in [-0.1, -0.05) is 6.07 Å². The Labute approximate surface area is 122 Å². The lowest BCUT2D eigenvalue weighted by atomic mass is 9.95. The average Bonchev–Trinajstić information content (AvgIpc) is 2.89. The van der Waals surface area contributed by atoms with E-state index in [-0.39, 0.29) is 12.4 Å². The van der Waals surface area contributed by atoms with Crippen LogP contribution >= 0.6 is 0 Å². The molecule has 1 aromatic carbocycles. The van der Waals surface area contributed by atoms with Crippen LogP contribution < -0.4 is 4.90 Å². The van der Waals surface area contributed by atoms with Gasteiger partial charge < -0.3 is 19.5 Å². The molecular formula is C15H18FNO4. The lowest BCUT2D eigenvalue weighted by molar-refractivity contribution is -0.143. The van der Waals surface area contributed by atoms with Gasteiger partial charge in [-0.3, -0.25) is 4.79 Å². The Morgan fingerprint density at radius 2 is 2.10 bits per heavy atom. The van der Waals surface area contributed by atoms with Gasteiger partial charge in [0.05, 0.1) is 31.4 Å². The zero-order valence-electron chi connectivity index (χ0n) is 11.6. The number of anilines is 1. The van der Waals surface area contributed by atoms with E-state index in [1.807, 2.05) is 4.90 Å². The second-order valence-corrected chi connectivity index (χ2v) is 5.34. The first-order chi connectivity index (χ1) is 10.2. The number of ether oxygens (including phenoxy) is 2. The van der Waals surface area contributed by atoms with Crippen LogP contribution in [0.15, 0.2) is 18.2 Å². The monoisotopic (exact) mass is 295 g/mol. The van der Waals surface area contributed by atoms with Gasteiger partial charge >= 0.3 is 5.97 Å². The largest absolute Gasteiger partial charge is 0.459 e. The maximum Gasteiger partial charge on any atom is 0.313 e. The van der Waals surface area contributed by atoms with Crippen LogP contribution in [0.1, 0.15) is 17.9 Å². The van der Waals surface area contributed by atoms with Gasteiger partial charge in [0, 0.05) is 19.5 Å². The summed E-state index contributed by atoms with van der Waals surface area (Å²) in [5, 5.41) is 9.05. The summed E-state index contributed by atoms with van der Waals surface area (Å²) in [6.45, 7) is 2.31. The second-order valence-electron chi connectivity index (χ2n) is 5.34. The van der Waals surface area contributed by atoms with Crippen molar-refractivity contribution in [2.24, 2.45) is 0 Å². The molecule has 0 spiro atoms. The number of cyclic esters (lactones) is 1. The molecule has 2 atom stereocenters. The van der Waals surface area contributed by atoms with Crippen molar-refractivity contribution < 1.29 is 23.8 Å². The molecule has 0 radical (unpaired) electrons. The van der Waals surface area contributed by atoms with E-state index in [4.69, 9.17) is 14.6 Å². The Kier molecular flexibility index (Phi) is 4.07. The highest BCUT2D eigenvalue weighted by molar-refractivity contribution is 5.80. The molecule has 2 saturated heterocycles. The molecule has 1 N–H and O–H groups in total. The molecule has 0 aromatic heterocycles. The lowest BCUT2D eigenvalue weighted by Gasteiger charge is -2.29. The highest BCUT2D eigenvalue weighted by Gasteiger charge is 2.35. The number of carbonyl (C=O) groups is 1. The zero-order chi connectivity index (χ0) is 14.8. The maximum atomic E-state index is 14.3. The number of nitrogens with zero attached hydrogens (tertiary/aromatic N) is 1. The molecule has 0 amide bonds. The van der Waals surface area contributed by atoms with Crippen LogP contribution in [0, 0.1) is 5.82 Å². The normalized spacial score (nSPS) is 26.0. The van der Waals surface area contributed by atoms with Gasteiger partial charge in [0.25, 0.3) is 0 Å².